The summed E-state index contributed by atoms with van der Waals surface area (Å²) in [4.78, 5) is 12.6. The van der Waals surface area contributed by atoms with Gasteiger partial charge in [-0.05, 0) is 45.4 Å². The number of nitrogens with zero attached hydrogens (tertiary/aromatic N) is 4. The maximum Gasteiger partial charge on any atom is 0.260 e. The quantitative estimate of drug-likeness (QED) is 0.746. The first-order valence-electron chi connectivity index (χ1n) is 9.30. The molecule has 7 heteroatoms. The van der Waals surface area contributed by atoms with Crippen molar-refractivity contribution in [3.8, 4) is 5.69 Å². The van der Waals surface area contributed by atoms with Crippen LogP contribution in [0.5, 0.6) is 0 Å². The lowest BCUT2D eigenvalue weighted by atomic mass is 10.1. The fourth-order valence-electron chi connectivity index (χ4n) is 3.39. The smallest absolute Gasteiger partial charge is 0.260 e. The summed E-state index contributed by atoms with van der Waals surface area (Å²) in [6.45, 7) is 5.96. The van der Waals surface area contributed by atoms with Crippen LogP contribution >= 0.6 is 0 Å². The van der Waals surface area contributed by atoms with E-state index in [1.165, 1.54) is 5.56 Å². The maximum absolute atomic E-state index is 12.6. The predicted molar refractivity (Wildman–Crippen MR) is 104 cm³/mol. The number of nitrogens with one attached hydrogen (secondary N) is 2. The predicted octanol–water partition coefficient (Wildman–Crippen LogP) is 2.86. The number of piperidine rings is 1. The molecule has 1 amide bonds. The van der Waals surface area contributed by atoms with Gasteiger partial charge in [0.1, 0.15) is 0 Å². The number of amides is 1. The van der Waals surface area contributed by atoms with E-state index in [0.29, 0.717) is 17.4 Å². The van der Waals surface area contributed by atoms with Gasteiger partial charge in [0.25, 0.3) is 5.91 Å². The Kier molecular flexibility index (Phi) is 4.77. The molecule has 2 aromatic heterocycles. The Balaban J connectivity index is 1.48. The lowest BCUT2D eigenvalue weighted by molar-refractivity contribution is 0.102. The van der Waals surface area contributed by atoms with Crippen LogP contribution in [0.2, 0.25) is 0 Å². The lowest BCUT2D eigenvalue weighted by Crippen LogP contribution is -2.31. The van der Waals surface area contributed by atoms with Gasteiger partial charge in [-0.3, -0.25) is 9.48 Å². The zero-order chi connectivity index (χ0) is 18.8. The van der Waals surface area contributed by atoms with Gasteiger partial charge in [-0.1, -0.05) is 17.7 Å². The number of hydrogen-bond donors (Lipinski definition) is 2. The minimum Gasteiger partial charge on any atom is -0.315 e. The zero-order valence-corrected chi connectivity index (χ0v) is 15.6. The second kappa shape index (κ2) is 7.36. The molecule has 3 aromatic rings. The highest BCUT2D eigenvalue weighted by Gasteiger charge is 2.18. The molecule has 140 valence electrons. The van der Waals surface area contributed by atoms with Gasteiger partial charge >= 0.3 is 0 Å². The molecular weight excluding hydrogens is 340 g/mol. The van der Waals surface area contributed by atoms with Crippen molar-refractivity contribution in [2.24, 2.45) is 0 Å². The molecule has 1 aromatic carbocycles. The van der Waals surface area contributed by atoms with Crippen LogP contribution in [-0.2, 0) is 0 Å². The fraction of sp³-hybridized carbons (Fsp3) is 0.350. The van der Waals surface area contributed by atoms with Gasteiger partial charge in [0, 0.05) is 24.5 Å². The second-order valence-electron chi connectivity index (χ2n) is 7.08. The van der Waals surface area contributed by atoms with Crippen molar-refractivity contribution in [2.75, 3.05) is 18.4 Å². The summed E-state index contributed by atoms with van der Waals surface area (Å²) >= 11 is 0. The summed E-state index contributed by atoms with van der Waals surface area (Å²) in [7, 11) is 0. The number of aromatic nitrogens is 4. The molecular formula is C20H24N6O. The van der Waals surface area contributed by atoms with Gasteiger partial charge in [0.2, 0.25) is 0 Å². The number of hydrogen-bond acceptors (Lipinski definition) is 4. The summed E-state index contributed by atoms with van der Waals surface area (Å²) in [5, 5.41) is 15.1. The van der Waals surface area contributed by atoms with E-state index in [1.54, 1.807) is 6.20 Å². The monoisotopic (exact) mass is 364 g/mol. The molecule has 2 N–H and O–H groups in total. The third kappa shape index (κ3) is 3.78. The van der Waals surface area contributed by atoms with Crippen LogP contribution < -0.4 is 10.6 Å². The molecule has 1 unspecified atom stereocenters. The molecule has 0 saturated carbocycles. The van der Waals surface area contributed by atoms with E-state index in [1.807, 2.05) is 52.8 Å². The Morgan fingerprint density at radius 1 is 1.26 bits per heavy atom. The Morgan fingerprint density at radius 3 is 2.81 bits per heavy atom. The van der Waals surface area contributed by atoms with Crippen LogP contribution in [0.3, 0.4) is 0 Å². The van der Waals surface area contributed by atoms with Crippen LogP contribution in [0, 0.1) is 13.8 Å². The molecule has 3 heterocycles. The first-order chi connectivity index (χ1) is 13.1. The van der Waals surface area contributed by atoms with Gasteiger partial charge in [-0.25, -0.2) is 4.68 Å². The molecule has 4 rings (SSSR count). The van der Waals surface area contributed by atoms with Crippen molar-refractivity contribution in [1.82, 2.24) is 24.9 Å². The van der Waals surface area contributed by atoms with Gasteiger partial charge in [0.05, 0.1) is 23.5 Å². The molecule has 0 bridgehead atoms. The van der Waals surface area contributed by atoms with E-state index in [-0.39, 0.29) is 5.91 Å². The lowest BCUT2D eigenvalue weighted by Gasteiger charge is -2.22. The average molecular weight is 364 g/mol. The highest BCUT2D eigenvalue weighted by Crippen LogP contribution is 2.18. The molecule has 27 heavy (non-hydrogen) atoms. The Labute approximate surface area is 158 Å². The maximum atomic E-state index is 12.6. The Bertz CT molecular complexity index is 934. The van der Waals surface area contributed by atoms with Gasteiger partial charge in [-0.2, -0.15) is 5.10 Å². The summed E-state index contributed by atoms with van der Waals surface area (Å²) < 4.78 is 3.71. The highest BCUT2D eigenvalue weighted by atomic mass is 16.1. The van der Waals surface area contributed by atoms with E-state index < -0.39 is 0 Å². The summed E-state index contributed by atoms with van der Waals surface area (Å²) in [6, 6.07) is 10.3. The summed E-state index contributed by atoms with van der Waals surface area (Å²) in [6.07, 6.45) is 5.64. The van der Waals surface area contributed by atoms with Crippen molar-refractivity contribution in [3.05, 3.63) is 59.5 Å². The van der Waals surface area contributed by atoms with Crippen LogP contribution in [0.4, 0.5) is 5.82 Å². The molecule has 0 radical (unpaired) electrons. The SMILES string of the molecule is Cc1ccc(-n2nc(NC(=O)c3cnn(C4CCCNC4)c3)cc2C)cc1. The second-order valence-corrected chi connectivity index (χ2v) is 7.08. The number of anilines is 1. The molecule has 1 fully saturated rings. The minimum absolute atomic E-state index is 0.196. The highest BCUT2D eigenvalue weighted by molar-refractivity contribution is 6.03. The first-order valence-corrected chi connectivity index (χ1v) is 9.30. The Hall–Kier alpha value is -2.93. The third-order valence-electron chi connectivity index (χ3n) is 4.92. The van der Waals surface area contributed by atoms with Crippen molar-refractivity contribution in [1.29, 1.82) is 0 Å². The Morgan fingerprint density at radius 2 is 2.07 bits per heavy atom. The number of benzene rings is 1. The fourth-order valence-corrected chi connectivity index (χ4v) is 3.39. The molecule has 1 aliphatic rings. The zero-order valence-electron chi connectivity index (χ0n) is 15.6. The van der Waals surface area contributed by atoms with Gasteiger partial charge < -0.3 is 10.6 Å². The van der Waals surface area contributed by atoms with Crippen molar-refractivity contribution < 1.29 is 4.79 Å². The molecule has 7 nitrogen and oxygen atoms in total. The van der Waals surface area contributed by atoms with E-state index in [2.05, 4.69) is 27.8 Å². The van der Waals surface area contributed by atoms with Crippen molar-refractivity contribution in [3.63, 3.8) is 0 Å². The van der Waals surface area contributed by atoms with Crippen LogP contribution in [0.25, 0.3) is 5.69 Å². The number of carbonyl (C=O) groups excluding carboxylic acids is 1. The molecule has 1 atom stereocenters. The normalized spacial score (nSPS) is 17.0. The number of aryl methyl sites for hydroxylation is 2. The van der Waals surface area contributed by atoms with Crippen LogP contribution in [-0.4, -0.2) is 38.6 Å². The van der Waals surface area contributed by atoms with E-state index >= 15 is 0 Å². The summed E-state index contributed by atoms with van der Waals surface area (Å²) in [5.74, 6) is 0.337. The summed E-state index contributed by atoms with van der Waals surface area (Å²) in [5.41, 5.74) is 3.67. The topological polar surface area (TPSA) is 76.8 Å². The molecule has 0 spiro atoms. The van der Waals surface area contributed by atoms with Gasteiger partial charge in [0.15, 0.2) is 5.82 Å². The van der Waals surface area contributed by atoms with E-state index in [4.69, 9.17) is 0 Å². The average Bonchev–Trinajstić information content (AvgIpc) is 3.30. The standard InChI is InChI=1S/C20H24N6O/c1-14-5-7-17(8-6-14)26-15(2)10-19(24-26)23-20(27)16-11-22-25(13-16)18-4-3-9-21-12-18/h5-8,10-11,13,18,21H,3-4,9,12H2,1-2H3,(H,23,24,27). The number of carbonyl (C=O) groups is 1. The van der Waals surface area contributed by atoms with E-state index in [9.17, 15) is 4.79 Å². The third-order valence-corrected chi connectivity index (χ3v) is 4.92. The number of rotatable bonds is 4. The van der Waals surface area contributed by atoms with Gasteiger partial charge in [-0.15, -0.1) is 5.10 Å². The largest absolute Gasteiger partial charge is 0.315 e. The first kappa shape index (κ1) is 17.5. The van der Waals surface area contributed by atoms with Crippen molar-refractivity contribution in [2.45, 2.75) is 32.7 Å². The minimum atomic E-state index is -0.196. The van der Waals surface area contributed by atoms with E-state index in [0.717, 1.165) is 37.3 Å². The van der Waals surface area contributed by atoms with Crippen LogP contribution in [0.1, 0.15) is 40.5 Å². The molecule has 1 aliphatic heterocycles. The molecule has 0 aliphatic carbocycles. The molecule has 1 saturated heterocycles. The van der Waals surface area contributed by atoms with Crippen LogP contribution in [0.15, 0.2) is 42.7 Å². The van der Waals surface area contributed by atoms with Crippen molar-refractivity contribution >= 4 is 11.7 Å².